The van der Waals surface area contributed by atoms with E-state index >= 15 is 0 Å². The minimum Gasteiger partial charge on any atom is -0.338 e. The third kappa shape index (κ3) is 3.12. The van der Waals surface area contributed by atoms with E-state index in [4.69, 9.17) is 0 Å². The Morgan fingerprint density at radius 2 is 1.89 bits per heavy atom. The SMILES string of the molecule is CC(=O)N1Cc2ccccc2C2(CCN(C3CCCC4CCC3C4)CC2)C1. The van der Waals surface area contributed by atoms with E-state index < -0.39 is 0 Å². The number of fused-ring (bicyclic) bond motifs is 4. The second-order valence-corrected chi connectivity index (χ2v) is 9.79. The van der Waals surface area contributed by atoms with E-state index in [9.17, 15) is 4.79 Å². The zero-order valence-corrected chi connectivity index (χ0v) is 16.8. The van der Waals surface area contributed by atoms with Crippen molar-refractivity contribution >= 4 is 5.91 Å². The monoisotopic (exact) mass is 366 g/mol. The Kier molecular flexibility index (Phi) is 4.54. The molecule has 27 heavy (non-hydrogen) atoms. The normalized spacial score (nSPS) is 32.9. The fourth-order valence-corrected chi connectivity index (χ4v) is 6.88. The Morgan fingerprint density at radius 1 is 1.07 bits per heavy atom. The van der Waals surface area contributed by atoms with E-state index in [-0.39, 0.29) is 11.3 Å². The first-order chi connectivity index (χ1) is 13.1. The van der Waals surface area contributed by atoms with Gasteiger partial charge in [0.2, 0.25) is 5.91 Å². The topological polar surface area (TPSA) is 23.6 Å². The predicted octanol–water partition coefficient (Wildman–Crippen LogP) is 4.35. The smallest absolute Gasteiger partial charge is 0.219 e. The fourth-order valence-electron chi connectivity index (χ4n) is 6.88. The van der Waals surface area contributed by atoms with E-state index in [1.807, 2.05) is 0 Å². The summed E-state index contributed by atoms with van der Waals surface area (Å²) in [6.07, 6.45) is 11.2. The summed E-state index contributed by atoms with van der Waals surface area (Å²) in [6.45, 7) is 5.88. The fraction of sp³-hybridized carbons (Fsp3) is 0.708. The second kappa shape index (κ2) is 6.92. The van der Waals surface area contributed by atoms with Crippen molar-refractivity contribution in [1.82, 2.24) is 9.80 Å². The van der Waals surface area contributed by atoms with Crippen LogP contribution in [0.4, 0.5) is 0 Å². The average Bonchev–Trinajstić information content (AvgIpc) is 3.04. The summed E-state index contributed by atoms with van der Waals surface area (Å²) in [6, 6.07) is 9.74. The van der Waals surface area contributed by atoms with Gasteiger partial charge in [-0.1, -0.05) is 43.5 Å². The molecule has 0 aromatic heterocycles. The van der Waals surface area contributed by atoms with Gasteiger partial charge in [-0.15, -0.1) is 0 Å². The van der Waals surface area contributed by atoms with E-state index in [2.05, 4.69) is 34.1 Å². The molecule has 3 fully saturated rings. The van der Waals surface area contributed by atoms with Crippen molar-refractivity contribution < 1.29 is 4.79 Å². The summed E-state index contributed by atoms with van der Waals surface area (Å²) in [5.74, 6) is 2.22. The lowest BCUT2D eigenvalue weighted by atomic mass is 9.68. The van der Waals surface area contributed by atoms with Crippen LogP contribution in [0.5, 0.6) is 0 Å². The van der Waals surface area contributed by atoms with Gasteiger partial charge in [0, 0.05) is 31.5 Å². The molecule has 3 atom stereocenters. The van der Waals surface area contributed by atoms with Crippen molar-refractivity contribution in [3.8, 4) is 0 Å². The van der Waals surface area contributed by atoms with E-state index in [0.717, 1.165) is 31.0 Å². The first kappa shape index (κ1) is 17.7. The maximum atomic E-state index is 12.2. The zero-order valence-electron chi connectivity index (χ0n) is 16.8. The van der Waals surface area contributed by atoms with Gasteiger partial charge in [-0.2, -0.15) is 0 Å². The molecule has 2 aliphatic carbocycles. The van der Waals surface area contributed by atoms with E-state index in [0.29, 0.717) is 0 Å². The number of piperidine rings is 1. The van der Waals surface area contributed by atoms with Crippen LogP contribution in [-0.4, -0.2) is 41.4 Å². The van der Waals surface area contributed by atoms with Crippen LogP contribution in [0.2, 0.25) is 0 Å². The molecule has 2 heterocycles. The molecule has 0 N–H and O–H groups in total. The van der Waals surface area contributed by atoms with Gasteiger partial charge in [0.1, 0.15) is 0 Å². The van der Waals surface area contributed by atoms with Crippen molar-refractivity contribution in [2.45, 2.75) is 76.3 Å². The van der Waals surface area contributed by atoms with Crippen LogP contribution in [-0.2, 0) is 16.8 Å². The maximum absolute atomic E-state index is 12.2. The molecule has 1 amide bonds. The van der Waals surface area contributed by atoms with Crippen LogP contribution >= 0.6 is 0 Å². The number of benzene rings is 1. The van der Waals surface area contributed by atoms with Crippen molar-refractivity contribution in [3.63, 3.8) is 0 Å². The van der Waals surface area contributed by atoms with Gasteiger partial charge in [-0.05, 0) is 68.2 Å². The predicted molar refractivity (Wildman–Crippen MR) is 108 cm³/mol. The number of amides is 1. The van der Waals surface area contributed by atoms with Crippen LogP contribution in [0.25, 0.3) is 0 Å². The molecule has 2 bridgehead atoms. The van der Waals surface area contributed by atoms with Crippen LogP contribution in [0.3, 0.4) is 0 Å². The molecular formula is C24H34N2O. The van der Waals surface area contributed by atoms with Crippen LogP contribution in [0.15, 0.2) is 24.3 Å². The summed E-state index contributed by atoms with van der Waals surface area (Å²) >= 11 is 0. The highest BCUT2D eigenvalue weighted by atomic mass is 16.2. The molecule has 5 rings (SSSR count). The minimum atomic E-state index is 0.181. The highest BCUT2D eigenvalue weighted by molar-refractivity contribution is 5.74. The van der Waals surface area contributed by atoms with Gasteiger partial charge in [-0.3, -0.25) is 4.79 Å². The lowest BCUT2D eigenvalue weighted by molar-refractivity contribution is -0.131. The number of carbonyl (C=O) groups is 1. The maximum Gasteiger partial charge on any atom is 0.219 e. The Morgan fingerprint density at radius 3 is 2.70 bits per heavy atom. The lowest BCUT2D eigenvalue weighted by Gasteiger charge is -2.50. The Hall–Kier alpha value is -1.35. The molecule has 3 nitrogen and oxygen atoms in total. The molecule has 1 aromatic rings. The summed E-state index contributed by atoms with van der Waals surface area (Å²) in [7, 11) is 0. The van der Waals surface area contributed by atoms with E-state index in [1.54, 1.807) is 6.92 Å². The largest absolute Gasteiger partial charge is 0.338 e. The molecule has 3 unspecified atom stereocenters. The molecule has 3 heteroatoms. The Labute approximate surface area is 164 Å². The van der Waals surface area contributed by atoms with Gasteiger partial charge < -0.3 is 9.80 Å². The molecule has 1 spiro atoms. The zero-order chi connectivity index (χ0) is 18.4. The molecule has 2 aliphatic heterocycles. The summed E-state index contributed by atoms with van der Waals surface area (Å²) < 4.78 is 0. The van der Waals surface area contributed by atoms with Gasteiger partial charge in [0.25, 0.3) is 0 Å². The quantitative estimate of drug-likeness (QED) is 0.738. The summed E-state index contributed by atoms with van der Waals surface area (Å²) in [5, 5.41) is 0. The second-order valence-electron chi connectivity index (χ2n) is 9.79. The highest BCUT2D eigenvalue weighted by Gasteiger charge is 2.45. The van der Waals surface area contributed by atoms with Crippen LogP contribution in [0, 0.1) is 11.8 Å². The van der Waals surface area contributed by atoms with Crippen LogP contribution < -0.4 is 0 Å². The minimum absolute atomic E-state index is 0.181. The summed E-state index contributed by atoms with van der Waals surface area (Å²) in [4.78, 5) is 17.1. The molecule has 1 saturated heterocycles. The number of rotatable bonds is 1. The van der Waals surface area contributed by atoms with E-state index in [1.165, 1.54) is 75.6 Å². The number of hydrogen-bond donors (Lipinski definition) is 0. The number of carbonyl (C=O) groups excluding carboxylic acids is 1. The van der Waals surface area contributed by atoms with Crippen molar-refractivity contribution in [3.05, 3.63) is 35.4 Å². The molecule has 146 valence electrons. The Balaban J connectivity index is 1.36. The van der Waals surface area contributed by atoms with Gasteiger partial charge in [0.05, 0.1) is 0 Å². The standard InChI is InChI=1S/C24H34N2O/c1-18(27)26-16-21-6-2-3-7-22(21)24(17-26)11-13-25(14-12-24)23-8-4-5-19-9-10-20(23)15-19/h2-3,6-7,19-20,23H,4-5,8-17H2,1H3. The number of hydrogen-bond acceptors (Lipinski definition) is 2. The number of nitrogens with zero attached hydrogens (tertiary/aromatic N) is 2. The highest BCUT2D eigenvalue weighted by Crippen LogP contribution is 2.46. The first-order valence-electron chi connectivity index (χ1n) is 11.2. The number of likely N-dealkylation sites (tertiary alicyclic amines) is 1. The Bertz CT molecular complexity index is 706. The third-order valence-electron chi connectivity index (χ3n) is 8.35. The van der Waals surface area contributed by atoms with Gasteiger partial charge in [-0.25, -0.2) is 0 Å². The van der Waals surface area contributed by atoms with Crippen molar-refractivity contribution in [2.24, 2.45) is 11.8 Å². The van der Waals surface area contributed by atoms with Crippen molar-refractivity contribution in [1.29, 1.82) is 0 Å². The van der Waals surface area contributed by atoms with Gasteiger partial charge >= 0.3 is 0 Å². The lowest BCUT2D eigenvalue weighted by Crippen LogP contribution is -2.55. The van der Waals surface area contributed by atoms with Gasteiger partial charge in [0.15, 0.2) is 0 Å². The van der Waals surface area contributed by atoms with Crippen molar-refractivity contribution in [2.75, 3.05) is 19.6 Å². The molecule has 1 aromatic carbocycles. The molecule has 0 radical (unpaired) electrons. The molecule has 2 saturated carbocycles. The first-order valence-corrected chi connectivity index (χ1v) is 11.2. The van der Waals surface area contributed by atoms with Crippen LogP contribution in [0.1, 0.15) is 69.4 Å². The molecular weight excluding hydrogens is 332 g/mol. The average molecular weight is 367 g/mol. The third-order valence-corrected chi connectivity index (χ3v) is 8.35. The summed E-state index contributed by atoms with van der Waals surface area (Å²) in [5.41, 5.74) is 3.09. The molecule has 4 aliphatic rings.